The van der Waals surface area contributed by atoms with Crippen LogP contribution in [0.15, 0.2) is 71.5 Å². The molecule has 0 unspecified atom stereocenters. The largest absolute Gasteiger partial charge is 0.368 e. The highest BCUT2D eigenvalue weighted by Crippen LogP contribution is 2.24. The predicted octanol–water partition coefficient (Wildman–Crippen LogP) is 4.13. The molecule has 3 aromatic carbocycles. The number of carbonyl (C=O) groups is 1. The quantitative estimate of drug-likeness (QED) is 0.325. The van der Waals surface area contributed by atoms with Crippen molar-refractivity contribution in [3.8, 4) is 0 Å². The van der Waals surface area contributed by atoms with Crippen LogP contribution in [0.1, 0.15) is 28.9 Å². The fourth-order valence-electron chi connectivity index (χ4n) is 5.54. The summed E-state index contributed by atoms with van der Waals surface area (Å²) >= 11 is 0. The number of anilines is 1. The Hall–Kier alpha value is -4.53. The van der Waals surface area contributed by atoms with Gasteiger partial charge < -0.3 is 9.80 Å². The summed E-state index contributed by atoms with van der Waals surface area (Å²) in [6.45, 7) is 7.44. The molecule has 0 spiro atoms. The Morgan fingerprint density at radius 1 is 0.900 bits per heavy atom. The van der Waals surface area contributed by atoms with E-state index in [1.807, 2.05) is 27.5 Å². The fourth-order valence-corrected chi connectivity index (χ4v) is 5.54. The van der Waals surface area contributed by atoms with Crippen LogP contribution in [0.5, 0.6) is 0 Å². The molecule has 0 radical (unpaired) electrons. The number of amides is 1. The standard InChI is InChI=1S/C31H31FN6O2/c1-21-6-5-9-26(22(21)2)35-16-18-36(19-17-35)29(39)15-14-28-33-34-31-37(20-23-10-12-24(32)13-11-23)30(40)25-7-3-4-8-27(25)38(28)31/h3-13H,14-20H2,1-2H3. The van der Waals surface area contributed by atoms with Gasteiger partial charge in [0.1, 0.15) is 11.6 Å². The molecular weight excluding hydrogens is 507 g/mol. The Morgan fingerprint density at radius 2 is 1.65 bits per heavy atom. The number of fused-ring (bicyclic) bond motifs is 3. The second kappa shape index (κ2) is 10.6. The van der Waals surface area contributed by atoms with Crippen LogP contribution in [0.3, 0.4) is 0 Å². The van der Waals surface area contributed by atoms with E-state index in [0.29, 0.717) is 48.4 Å². The molecule has 0 N–H and O–H groups in total. The van der Waals surface area contributed by atoms with Crippen LogP contribution in [-0.2, 0) is 17.8 Å². The Bertz CT molecular complexity index is 1770. The molecule has 0 bridgehead atoms. The van der Waals surface area contributed by atoms with Crippen molar-refractivity contribution in [2.75, 3.05) is 31.1 Å². The molecule has 6 rings (SSSR count). The molecule has 0 saturated carbocycles. The van der Waals surface area contributed by atoms with E-state index in [1.54, 1.807) is 22.8 Å². The third-order valence-electron chi connectivity index (χ3n) is 7.94. The number of para-hydroxylation sites is 1. The minimum Gasteiger partial charge on any atom is -0.368 e. The van der Waals surface area contributed by atoms with Crippen molar-refractivity contribution in [1.29, 1.82) is 0 Å². The number of nitrogens with zero attached hydrogens (tertiary/aromatic N) is 6. The molecule has 0 aliphatic carbocycles. The van der Waals surface area contributed by atoms with E-state index in [2.05, 4.69) is 47.1 Å². The minimum atomic E-state index is -0.333. The Balaban J connectivity index is 1.22. The van der Waals surface area contributed by atoms with E-state index in [-0.39, 0.29) is 23.8 Å². The number of aryl methyl sites for hydroxylation is 2. The summed E-state index contributed by atoms with van der Waals surface area (Å²) in [5.41, 5.74) is 5.08. The highest BCUT2D eigenvalue weighted by Gasteiger charge is 2.23. The Labute approximate surface area is 231 Å². The third-order valence-corrected chi connectivity index (χ3v) is 7.94. The first-order chi connectivity index (χ1) is 19.4. The van der Waals surface area contributed by atoms with E-state index in [1.165, 1.54) is 28.9 Å². The molecule has 9 heteroatoms. The number of halogens is 1. The van der Waals surface area contributed by atoms with Crippen molar-refractivity contribution >= 4 is 28.3 Å². The first-order valence-corrected chi connectivity index (χ1v) is 13.6. The molecule has 3 heterocycles. The number of hydrogen-bond donors (Lipinski definition) is 0. The normalized spacial score (nSPS) is 13.9. The monoisotopic (exact) mass is 538 g/mol. The molecule has 1 saturated heterocycles. The molecule has 8 nitrogen and oxygen atoms in total. The number of benzene rings is 3. The summed E-state index contributed by atoms with van der Waals surface area (Å²) in [4.78, 5) is 30.9. The first kappa shape index (κ1) is 25.7. The summed E-state index contributed by atoms with van der Waals surface area (Å²) in [5, 5.41) is 9.30. The Morgan fingerprint density at radius 3 is 2.42 bits per heavy atom. The van der Waals surface area contributed by atoms with Gasteiger partial charge in [0, 0.05) is 44.7 Å². The molecule has 1 fully saturated rings. The van der Waals surface area contributed by atoms with Crippen molar-refractivity contribution in [3.05, 3.63) is 105 Å². The highest BCUT2D eigenvalue weighted by molar-refractivity contribution is 5.81. The van der Waals surface area contributed by atoms with E-state index < -0.39 is 0 Å². The predicted molar refractivity (Wildman–Crippen MR) is 153 cm³/mol. The van der Waals surface area contributed by atoms with E-state index in [9.17, 15) is 14.0 Å². The van der Waals surface area contributed by atoms with E-state index in [0.717, 1.165) is 18.7 Å². The topological polar surface area (TPSA) is 75.7 Å². The van der Waals surface area contributed by atoms with Gasteiger partial charge in [-0.3, -0.25) is 18.6 Å². The average molecular weight is 539 g/mol. The number of rotatable bonds is 6. The van der Waals surface area contributed by atoms with Crippen molar-refractivity contribution < 1.29 is 9.18 Å². The summed E-state index contributed by atoms with van der Waals surface area (Å²) in [7, 11) is 0. The van der Waals surface area contributed by atoms with Crippen molar-refractivity contribution in [2.45, 2.75) is 33.2 Å². The zero-order valence-corrected chi connectivity index (χ0v) is 22.7. The lowest BCUT2D eigenvalue weighted by molar-refractivity contribution is -0.131. The van der Waals surface area contributed by atoms with Gasteiger partial charge in [-0.25, -0.2) is 4.39 Å². The zero-order chi connectivity index (χ0) is 27.8. The number of piperazine rings is 1. The summed E-state index contributed by atoms with van der Waals surface area (Å²) < 4.78 is 16.9. The average Bonchev–Trinajstić information content (AvgIpc) is 3.40. The zero-order valence-electron chi connectivity index (χ0n) is 22.7. The van der Waals surface area contributed by atoms with Crippen molar-refractivity contribution in [1.82, 2.24) is 24.1 Å². The van der Waals surface area contributed by atoms with Gasteiger partial charge >= 0.3 is 0 Å². The van der Waals surface area contributed by atoms with E-state index >= 15 is 0 Å². The van der Waals surface area contributed by atoms with Gasteiger partial charge in [-0.2, -0.15) is 0 Å². The second-order valence-corrected chi connectivity index (χ2v) is 10.4. The third kappa shape index (κ3) is 4.72. The summed E-state index contributed by atoms with van der Waals surface area (Å²) in [6.07, 6.45) is 0.700. The number of carbonyl (C=O) groups excluding carboxylic acids is 1. The molecule has 5 aromatic rings. The fraction of sp³-hybridized carbons (Fsp3) is 0.290. The molecular formula is C31H31FN6O2. The molecule has 0 atom stereocenters. The van der Waals surface area contributed by atoms with Crippen LogP contribution in [0.25, 0.3) is 16.7 Å². The Kier molecular flexibility index (Phi) is 6.79. The van der Waals surface area contributed by atoms with Gasteiger partial charge in [-0.1, -0.05) is 36.4 Å². The maximum atomic E-state index is 13.5. The van der Waals surface area contributed by atoms with Crippen LogP contribution in [0, 0.1) is 19.7 Å². The first-order valence-electron chi connectivity index (χ1n) is 13.6. The van der Waals surface area contributed by atoms with Gasteiger partial charge in [0.05, 0.1) is 17.4 Å². The van der Waals surface area contributed by atoms with Gasteiger partial charge in [0.2, 0.25) is 11.7 Å². The van der Waals surface area contributed by atoms with Gasteiger partial charge in [0.15, 0.2) is 0 Å². The van der Waals surface area contributed by atoms with Crippen LogP contribution < -0.4 is 10.5 Å². The molecule has 40 heavy (non-hydrogen) atoms. The van der Waals surface area contributed by atoms with E-state index in [4.69, 9.17) is 0 Å². The lowest BCUT2D eigenvalue weighted by Gasteiger charge is -2.37. The lowest BCUT2D eigenvalue weighted by Crippen LogP contribution is -2.49. The van der Waals surface area contributed by atoms with Crippen LogP contribution in [0.4, 0.5) is 10.1 Å². The molecule has 1 aliphatic rings. The second-order valence-electron chi connectivity index (χ2n) is 10.4. The van der Waals surface area contributed by atoms with Gasteiger partial charge in [-0.05, 0) is 60.9 Å². The number of hydrogen-bond acceptors (Lipinski definition) is 5. The maximum absolute atomic E-state index is 13.5. The van der Waals surface area contributed by atoms with Gasteiger partial charge in [0.25, 0.3) is 5.56 Å². The van der Waals surface area contributed by atoms with Crippen molar-refractivity contribution in [3.63, 3.8) is 0 Å². The maximum Gasteiger partial charge on any atom is 0.263 e. The molecule has 2 aromatic heterocycles. The van der Waals surface area contributed by atoms with Crippen molar-refractivity contribution in [2.24, 2.45) is 0 Å². The highest BCUT2D eigenvalue weighted by atomic mass is 19.1. The molecule has 204 valence electrons. The molecule has 1 aliphatic heterocycles. The molecule has 1 amide bonds. The smallest absolute Gasteiger partial charge is 0.263 e. The van der Waals surface area contributed by atoms with Crippen LogP contribution in [-0.4, -0.2) is 56.2 Å². The minimum absolute atomic E-state index is 0.0845. The number of aromatic nitrogens is 4. The SMILES string of the molecule is Cc1cccc(N2CCN(C(=O)CCc3nnc4n(Cc5ccc(F)cc5)c(=O)c5ccccc5n34)CC2)c1C. The summed E-state index contributed by atoms with van der Waals surface area (Å²) in [5.74, 6) is 0.779. The summed E-state index contributed by atoms with van der Waals surface area (Å²) in [6, 6.07) is 19.8. The lowest BCUT2D eigenvalue weighted by atomic mass is 10.1. The van der Waals surface area contributed by atoms with Crippen LogP contribution in [0.2, 0.25) is 0 Å². The van der Waals surface area contributed by atoms with Gasteiger partial charge in [-0.15, -0.1) is 10.2 Å². The van der Waals surface area contributed by atoms with Crippen LogP contribution >= 0.6 is 0 Å².